The molecule has 0 aliphatic rings. The lowest BCUT2D eigenvalue weighted by molar-refractivity contribution is -0.384. The van der Waals surface area contributed by atoms with Crippen LogP contribution in [0.2, 0.25) is 0 Å². The number of hydrogen-bond donors (Lipinski definition) is 2. The molecule has 2 aromatic rings. The van der Waals surface area contributed by atoms with Crippen LogP contribution in [-0.4, -0.2) is 20.9 Å². The molecule has 1 aromatic carbocycles. The van der Waals surface area contributed by atoms with Crippen molar-refractivity contribution in [2.24, 2.45) is 0 Å². The Morgan fingerprint density at radius 2 is 2.30 bits per heavy atom. The van der Waals surface area contributed by atoms with E-state index in [1.54, 1.807) is 18.5 Å². The van der Waals surface area contributed by atoms with Crippen molar-refractivity contribution in [1.82, 2.24) is 10.3 Å². The molecule has 8 heteroatoms. The van der Waals surface area contributed by atoms with Crippen molar-refractivity contribution < 1.29 is 14.8 Å². The molecule has 0 bridgehead atoms. The molecule has 0 saturated carbocycles. The number of nitro groups is 1. The summed E-state index contributed by atoms with van der Waals surface area (Å²) in [4.78, 5) is 26.0. The Morgan fingerprint density at radius 1 is 1.55 bits per heavy atom. The third kappa shape index (κ3) is 2.91. The van der Waals surface area contributed by atoms with Crippen molar-refractivity contribution >= 4 is 22.9 Å². The van der Waals surface area contributed by atoms with Gasteiger partial charge in [-0.3, -0.25) is 14.9 Å². The van der Waals surface area contributed by atoms with Gasteiger partial charge < -0.3 is 10.4 Å². The van der Waals surface area contributed by atoms with Gasteiger partial charge in [-0.15, -0.1) is 11.3 Å². The van der Waals surface area contributed by atoms with Gasteiger partial charge in [0.15, 0.2) is 0 Å². The number of phenols is 1. The lowest BCUT2D eigenvalue weighted by atomic mass is 10.1. The number of aromatic nitrogens is 1. The van der Waals surface area contributed by atoms with Gasteiger partial charge in [0, 0.05) is 17.6 Å². The van der Waals surface area contributed by atoms with Gasteiger partial charge in [0.25, 0.3) is 11.6 Å². The molecule has 1 amide bonds. The molecule has 0 radical (unpaired) electrons. The fraction of sp³-hybridized carbons (Fsp3) is 0.167. The molecule has 1 aromatic heterocycles. The molecule has 0 saturated heterocycles. The average molecular weight is 293 g/mol. The minimum atomic E-state index is -0.639. The van der Waals surface area contributed by atoms with Gasteiger partial charge >= 0.3 is 0 Å². The summed E-state index contributed by atoms with van der Waals surface area (Å²) in [6.07, 6.45) is 1.63. The second kappa shape index (κ2) is 5.66. The molecule has 1 atom stereocenters. The van der Waals surface area contributed by atoms with E-state index < -0.39 is 16.6 Å². The number of benzene rings is 1. The first-order valence-corrected chi connectivity index (χ1v) is 6.54. The highest BCUT2D eigenvalue weighted by Crippen LogP contribution is 2.24. The first kappa shape index (κ1) is 13.9. The maximum absolute atomic E-state index is 12.0. The first-order chi connectivity index (χ1) is 9.49. The maximum Gasteiger partial charge on any atom is 0.273 e. The standard InChI is InChI=1S/C12H11N3O4S/c1-7(12-13-4-5-20-12)14-11(17)9-3-2-8(15(18)19)6-10(9)16/h2-7,16H,1H3,(H,14,17)/t7-/m1/s1. The first-order valence-electron chi connectivity index (χ1n) is 5.66. The minimum absolute atomic E-state index is 0.0148. The zero-order valence-electron chi connectivity index (χ0n) is 10.4. The number of phenolic OH excluding ortho intramolecular Hbond substituents is 1. The number of nitro benzene ring substituents is 1. The maximum atomic E-state index is 12.0. The smallest absolute Gasteiger partial charge is 0.273 e. The van der Waals surface area contributed by atoms with Crippen LogP contribution in [0.5, 0.6) is 5.75 Å². The van der Waals surface area contributed by atoms with Crippen LogP contribution >= 0.6 is 11.3 Å². The number of hydrogen-bond acceptors (Lipinski definition) is 6. The third-order valence-electron chi connectivity index (χ3n) is 2.61. The molecular weight excluding hydrogens is 282 g/mol. The predicted octanol–water partition coefficient (Wildman–Crippen LogP) is 2.25. The fourth-order valence-corrected chi connectivity index (χ4v) is 2.26. The normalized spacial score (nSPS) is 11.8. The van der Waals surface area contributed by atoms with Crippen LogP contribution in [0.1, 0.15) is 28.3 Å². The fourth-order valence-electron chi connectivity index (χ4n) is 1.61. The van der Waals surface area contributed by atoms with Gasteiger partial charge in [-0.25, -0.2) is 4.98 Å². The van der Waals surface area contributed by atoms with E-state index in [1.807, 2.05) is 0 Å². The van der Waals surface area contributed by atoms with Crippen molar-refractivity contribution in [2.75, 3.05) is 0 Å². The summed E-state index contributed by atoms with van der Waals surface area (Å²) in [5.74, 6) is -0.942. The van der Waals surface area contributed by atoms with Gasteiger partial charge in [0.1, 0.15) is 10.8 Å². The zero-order chi connectivity index (χ0) is 14.7. The second-order valence-corrected chi connectivity index (χ2v) is 4.95. The van der Waals surface area contributed by atoms with E-state index >= 15 is 0 Å². The number of carbonyl (C=O) groups excluding carboxylic acids is 1. The number of aromatic hydroxyl groups is 1. The largest absolute Gasteiger partial charge is 0.507 e. The number of rotatable bonds is 4. The number of carbonyl (C=O) groups is 1. The highest BCUT2D eigenvalue weighted by atomic mass is 32.1. The SMILES string of the molecule is C[C@@H](NC(=O)c1ccc([N+](=O)[O-])cc1O)c1nccs1. The molecule has 104 valence electrons. The zero-order valence-corrected chi connectivity index (χ0v) is 11.3. The van der Waals surface area contributed by atoms with Crippen LogP contribution < -0.4 is 5.32 Å². The van der Waals surface area contributed by atoms with E-state index in [0.29, 0.717) is 0 Å². The van der Waals surface area contributed by atoms with Gasteiger partial charge in [-0.05, 0) is 13.0 Å². The summed E-state index contributed by atoms with van der Waals surface area (Å²) < 4.78 is 0. The molecule has 2 rings (SSSR count). The van der Waals surface area contributed by atoms with E-state index in [2.05, 4.69) is 10.3 Å². The van der Waals surface area contributed by atoms with Crippen LogP contribution in [0, 0.1) is 10.1 Å². The van der Waals surface area contributed by atoms with Crippen molar-refractivity contribution in [1.29, 1.82) is 0 Å². The van der Waals surface area contributed by atoms with Crippen LogP contribution in [0.25, 0.3) is 0 Å². The van der Waals surface area contributed by atoms with Crippen molar-refractivity contribution in [2.45, 2.75) is 13.0 Å². The Bertz CT molecular complexity index is 642. The van der Waals surface area contributed by atoms with E-state index in [-0.39, 0.29) is 17.3 Å². The summed E-state index contributed by atoms with van der Waals surface area (Å²) in [5, 5.41) is 25.4. The van der Waals surface area contributed by atoms with Crippen LogP contribution in [-0.2, 0) is 0 Å². The molecular formula is C12H11N3O4S. The lowest BCUT2D eigenvalue weighted by Gasteiger charge is -2.11. The van der Waals surface area contributed by atoms with Crippen LogP contribution in [0.3, 0.4) is 0 Å². The number of thiazole rings is 1. The topological polar surface area (TPSA) is 105 Å². The Hall–Kier alpha value is -2.48. The highest BCUT2D eigenvalue weighted by Gasteiger charge is 2.18. The third-order valence-corrected chi connectivity index (χ3v) is 3.56. The Morgan fingerprint density at radius 3 is 2.85 bits per heavy atom. The molecule has 1 heterocycles. The Balaban J connectivity index is 2.15. The predicted molar refractivity (Wildman–Crippen MR) is 72.8 cm³/mol. The van der Waals surface area contributed by atoms with Crippen molar-refractivity contribution in [3.05, 3.63) is 50.5 Å². The molecule has 7 nitrogen and oxygen atoms in total. The van der Waals surface area contributed by atoms with Crippen molar-refractivity contribution in [3.63, 3.8) is 0 Å². The summed E-state index contributed by atoms with van der Waals surface area (Å²) in [6.45, 7) is 1.76. The Kier molecular flexibility index (Phi) is 3.94. The van der Waals surface area contributed by atoms with Gasteiger partial charge in [0.2, 0.25) is 0 Å². The summed E-state index contributed by atoms with van der Waals surface area (Å²) in [5.41, 5.74) is -0.286. The summed E-state index contributed by atoms with van der Waals surface area (Å²) in [6, 6.07) is 3.03. The number of amides is 1. The molecule has 0 spiro atoms. The van der Waals surface area contributed by atoms with Gasteiger partial charge in [-0.2, -0.15) is 0 Å². The van der Waals surface area contributed by atoms with Crippen LogP contribution in [0.15, 0.2) is 29.8 Å². The number of non-ortho nitro benzene ring substituents is 1. The summed E-state index contributed by atoms with van der Waals surface area (Å²) >= 11 is 1.40. The van der Waals surface area contributed by atoms with E-state index in [4.69, 9.17) is 0 Å². The minimum Gasteiger partial charge on any atom is -0.507 e. The molecule has 0 aliphatic carbocycles. The molecule has 0 unspecified atom stereocenters. The molecule has 20 heavy (non-hydrogen) atoms. The monoisotopic (exact) mass is 293 g/mol. The average Bonchev–Trinajstić information content (AvgIpc) is 2.92. The van der Waals surface area contributed by atoms with Gasteiger partial charge in [0.05, 0.1) is 22.6 Å². The highest BCUT2D eigenvalue weighted by molar-refractivity contribution is 7.09. The van der Waals surface area contributed by atoms with Crippen LogP contribution in [0.4, 0.5) is 5.69 Å². The number of nitrogens with zero attached hydrogens (tertiary/aromatic N) is 2. The summed E-state index contributed by atoms with van der Waals surface area (Å²) in [7, 11) is 0. The quantitative estimate of drug-likeness (QED) is 0.664. The van der Waals surface area contributed by atoms with E-state index in [0.717, 1.165) is 11.1 Å². The number of nitrogens with one attached hydrogen (secondary N) is 1. The van der Waals surface area contributed by atoms with E-state index in [1.165, 1.54) is 23.5 Å². The molecule has 0 fully saturated rings. The second-order valence-electron chi connectivity index (χ2n) is 4.02. The Labute approximate surface area is 118 Å². The lowest BCUT2D eigenvalue weighted by Crippen LogP contribution is -2.26. The van der Waals surface area contributed by atoms with E-state index in [9.17, 15) is 20.0 Å². The molecule has 0 aliphatic heterocycles. The van der Waals surface area contributed by atoms with Crippen molar-refractivity contribution in [3.8, 4) is 5.75 Å². The van der Waals surface area contributed by atoms with Gasteiger partial charge in [-0.1, -0.05) is 0 Å². The molecule has 2 N–H and O–H groups in total.